The Balaban J connectivity index is 1.96. The van der Waals surface area contributed by atoms with Gasteiger partial charge >= 0.3 is 0 Å². The van der Waals surface area contributed by atoms with Crippen LogP contribution in [0.4, 0.5) is 0 Å². The zero-order valence-corrected chi connectivity index (χ0v) is 9.34. The third-order valence-electron chi connectivity index (χ3n) is 3.33. The fourth-order valence-corrected chi connectivity index (χ4v) is 2.41. The molecular formula is C13H20O2. The molecule has 0 aromatic rings. The maximum absolute atomic E-state index is 12.1. The van der Waals surface area contributed by atoms with Gasteiger partial charge in [-0.25, -0.2) is 0 Å². The maximum Gasteiger partial charge on any atom is 0.187 e. The van der Waals surface area contributed by atoms with Gasteiger partial charge in [0.15, 0.2) is 5.78 Å². The number of rotatable bonds is 2. The maximum atomic E-state index is 12.1. The van der Waals surface area contributed by atoms with Gasteiger partial charge in [0.1, 0.15) is 6.10 Å². The first-order valence-electron chi connectivity index (χ1n) is 6.23. The van der Waals surface area contributed by atoms with E-state index < -0.39 is 0 Å². The lowest BCUT2D eigenvalue weighted by Gasteiger charge is -2.13. The Bertz CT molecular complexity index is 249. The molecule has 2 rings (SSSR count). The second kappa shape index (κ2) is 5.45. The van der Waals surface area contributed by atoms with Crippen LogP contribution in [0, 0.1) is 0 Å². The molecule has 2 heteroatoms. The minimum atomic E-state index is -0.115. The van der Waals surface area contributed by atoms with Crippen LogP contribution < -0.4 is 0 Å². The average Bonchev–Trinajstić information content (AvgIpc) is 2.68. The molecule has 1 unspecified atom stereocenters. The lowest BCUT2D eigenvalue weighted by Crippen LogP contribution is -2.21. The van der Waals surface area contributed by atoms with Gasteiger partial charge in [-0.1, -0.05) is 18.9 Å². The number of hydrogen-bond donors (Lipinski definition) is 0. The molecule has 1 aliphatic heterocycles. The largest absolute Gasteiger partial charge is 0.370 e. The molecule has 1 aliphatic carbocycles. The van der Waals surface area contributed by atoms with Gasteiger partial charge < -0.3 is 4.74 Å². The molecule has 0 radical (unpaired) electrons. The predicted molar refractivity (Wildman–Crippen MR) is 59.8 cm³/mol. The second-order valence-corrected chi connectivity index (χ2v) is 4.55. The van der Waals surface area contributed by atoms with Crippen molar-refractivity contribution in [2.24, 2.45) is 0 Å². The van der Waals surface area contributed by atoms with Crippen LogP contribution >= 0.6 is 0 Å². The minimum absolute atomic E-state index is 0.115. The van der Waals surface area contributed by atoms with Gasteiger partial charge in [0, 0.05) is 6.61 Å². The van der Waals surface area contributed by atoms with Crippen LogP contribution in [-0.2, 0) is 9.53 Å². The van der Waals surface area contributed by atoms with E-state index in [1.807, 2.05) is 0 Å². The number of ether oxygens (including phenoxy) is 1. The van der Waals surface area contributed by atoms with Gasteiger partial charge in [0.25, 0.3) is 0 Å². The fraction of sp³-hybridized carbons (Fsp3) is 0.769. The molecule has 1 saturated heterocycles. The molecule has 0 amide bonds. The smallest absolute Gasteiger partial charge is 0.187 e. The van der Waals surface area contributed by atoms with Gasteiger partial charge in [-0.15, -0.1) is 0 Å². The summed E-state index contributed by atoms with van der Waals surface area (Å²) in [7, 11) is 0. The van der Waals surface area contributed by atoms with Crippen molar-refractivity contribution in [3.63, 3.8) is 0 Å². The van der Waals surface area contributed by atoms with Gasteiger partial charge in [-0.3, -0.25) is 4.79 Å². The Morgan fingerprint density at radius 1 is 1.20 bits per heavy atom. The zero-order valence-electron chi connectivity index (χ0n) is 9.34. The van der Waals surface area contributed by atoms with Crippen LogP contribution in [0.1, 0.15) is 51.4 Å². The summed E-state index contributed by atoms with van der Waals surface area (Å²) in [5.74, 6) is 0.273. The third kappa shape index (κ3) is 2.91. The monoisotopic (exact) mass is 208 g/mol. The van der Waals surface area contributed by atoms with Crippen molar-refractivity contribution in [2.75, 3.05) is 6.61 Å². The summed E-state index contributed by atoms with van der Waals surface area (Å²) < 4.78 is 5.45. The van der Waals surface area contributed by atoms with Crippen molar-refractivity contribution in [2.45, 2.75) is 57.5 Å². The minimum Gasteiger partial charge on any atom is -0.370 e. The quantitative estimate of drug-likeness (QED) is 0.697. The molecule has 0 N–H and O–H groups in total. The standard InChI is InChI=1S/C13H20O2/c14-13(12-9-6-10-15-12)11-7-4-2-1-3-5-8-11/h7,12H,1-6,8-10H2. The van der Waals surface area contributed by atoms with Crippen LogP contribution in [0.2, 0.25) is 0 Å². The highest BCUT2D eigenvalue weighted by Gasteiger charge is 2.25. The van der Waals surface area contributed by atoms with E-state index in [2.05, 4.69) is 6.08 Å². The summed E-state index contributed by atoms with van der Waals surface area (Å²) in [4.78, 5) is 12.1. The van der Waals surface area contributed by atoms with Gasteiger partial charge in [-0.05, 0) is 44.1 Å². The third-order valence-corrected chi connectivity index (χ3v) is 3.33. The Hall–Kier alpha value is -0.630. The average molecular weight is 208 g/mol. The van der Waals surface area contributed by atoms with Crippen LogP contribution in [0.3, 0.4) is 0 Å². The first kappa shape index (κ1) is 10.9. The lowest BCUT2D eigenvalue weighted by atomic mass is 9.94. The SMILES string of the molecule is O=C(C1=CCCCCCC1)C1CCCO1. The Morgan fingerprint density at radius 3 is 2.87 bits per heavy atom. The molecule has 2 nitrogen and oxygen atoms in total. The van der Waals surface area contributed by atoms with E-state index in [1.165, 1.54) is 25.7 Å². The molecule has 1 atom stereocenters. The van der Waals surface area contributed by atoms with Crippen LogP contribution in [0.25, 0.3) is 0 Å². The van der Waals surface area contributed by atoms with E-state index in [1.54, 1.807) is 0 Å². The van der Waals surface area contributed by atoms with E-state index in [0.717, 1.165) is 37.9 Å². The highest BCUT2D eigenvalue weighted by Crippen LogP contribution is 2.22. The molecule has 15 heavy (non-hydrogen) atoms. The molecular weight excluding hydrogens is 188 g/mol. The van der Waals surface area contributed by atoms with Crippen molar-refractivity contribution < 1.29 is 9.53 Å². The number of carbonyl (C=O) groups is 1. The van der Waals surface area contributed by atoms with Crippen LogP contribution in [0.5, 0.6) is 0 Å². The van der Waals surface area contributed by atoms with E-state index >= 15 is 0 Å². The number of allylic oxidation sites excluding steroid dienone is 1. The fourth-order valence-electron chi connectivity index (χ4n) is 2.41. The molecule has 1 fully saturated rings. The van der Waals surface area contributed by atoms with E-state index in [0.29, 0.717) is 0 Å². The molecule has 1 heterocycles. The summed E-state index contributed by atoms with van der Waals surface area (Å²) in [5.41, 5.74) is 1.04. The number of Topliss-reactive ketones (excluding diaryl/α,β-unsaturated/α-hetero) is 1. The van der Waals surface area contributed by atoms with Crippen molar-refractivity contribution in [3.05, 3.63) is 11.6 Å². The molecule has 0 spiro atoms. The number of ketones is 1. The molecule has 2 aliphatic rings. The van der Waals surface area contributed by atoms with Gasteiger partial charge in [0.2, 0.25) is 0 Å². The molecule has 0 aromatic carbocycles. The number of carbonyl (C=O) groups excluding carboxylic acids is 1. The normalized spacial score (nSPS) is 28.0. The van der Waals surface area contributed by atoms with Crippen molar-refractivity contribution >= 4 is 5.78 Å². The Labute approximate surface area is 91.7 Å². The summed E-state index contributed by atoms with van der Waals surface area (Å²) in [6, 6.07) is 0. The summed E-state index contributed by atoms with van der Waals surface area (Å²) >= 11 is 0. The predicted octanol–water partition coefficient (Wildman–Crippen LogP) is 3.02. The van der Waals surface area contributed by atoms with Crippen molar-refractivity contribution in [1.29, 1.82) is 0 Å². The molecule has 0 aromatic heterocycles. The van der Waals surface area contributed by atoms with E-state index in [-0.39, 0.29) is 11.9 Å². The lowest BCUT2D eigenvalue weighted by molar-refractivity contribution is -0.124. The topological polar surface area (TPSA) is 26.3 Å². The van der Waals surface area contributed by atoms with Crippen LogP contribution in [0.15, 0.2) is 11.6 Å². The summed E-state index contributed by atoms with van der Waals surface area (Å²) in [6.45, 7) is 0.768. The highest BCUT2D eigenvalue weighted by atomic mass is 16.5. The molecule has 0 bridgehead atoms. The molecule has 84 valence electrons. The summed E-state index contributed by atoms with van der Waals surface area (Å²) in [6.07, 6.45) is 11.1. The molecule has 0 saturated carbocycles. The first-order valence-corrected chi connectivity index (χ1v) is 6.23. The Kier molecular flexibility index (Phi) is 3.95. The number of hydrogen-bond acceptors (Lipinski definition) is 2. The van der Waals surface area contributed by atoms with Gasteiger partial charge in [0.05, 0.1) is 0 Å². The van der Waals surface area contributed by atoms with E-state index in [9.17, 15) is 4.79 Å². The summed E-state index contributed by atoms with van der Waals surface area (Å²) in [5, 5.41) is 0. The zero-order chi connectivity index (χ0) is 10.5. The van der Waals surface area contributed by atoms with E-state index in [4.69, 9.17) is 4.74 Å². The van der Waals surface area contributed by atoms with Crippen molar-refractivity contribution in [1.82, 2.24) is 0 Å². The van der Waals surface area contributed by atoms with Crippen molar-refractivity contribution in [3.8, 4) is 0 Å². The van der Waals surface area contributed by atoms with Crippen LogP contribution in [-0.4, -0.2) is 18.5 Å². The van der Waals surface area contributed by atoms with Gasteiger partial charge in [-0.2, -0.15) is 0 Å². The first-order chi connectivity index (χ1) is 7.38. The highest BCUT2D eigenvalue weighted by molar-refractivity contribution is 5.98. The Morgan fingerprint density at radius 2 is 2.07 bits per heavy atom. The second-order valence-electron chi connectivity index (χ2n) is 4.55.